The average molecular weight is 484 g/mol. The van der Waals surface area contributed by atoms with E-state index in [1.165, 1.54) is 0 Å². The van der Waals surface area contributed by atoms with Crippen molar-refractivity contribution in [2.24, 2.45) is 0 Å². The number of fused-ring (bicyclic) bond motifs is 1. The predicted octanol–water partition coefficient (Wildman–Crippen LogP) is 1.44. The third-order valence-electron chi connectivity index (χ3n) is 7.10. The fourth-order valence-corrected chi connectivity index (χ4v) is 5.11. The van der Waals surface area contributed by atoms with Crippen LogP contribution >= 0.6 is 0 Å². The molecule has 11 heteroatoms. The zero-order valence-electron chi connectivity index (χ0n) is 20.6. The maximum atomic E-state index is 13.5. The summed E-state index contributed by atoms with van der Waals surface area (Å²) in [5, 5.41) is 13.6. The number of aromatic nitrogens is 5. The molecule has 0 aliphatic carbocycles. The number of aromatic amines is 1. The lowest BCUT2D eigenvalue weighted by Crippen LogP contribution is -2.49. The van der Waals surface area contributed by atoms with Gasteiger partial charge in [0.25, 0.3) is 5.56 Å². The predicted molar refractivity (Wildman–Crippen MR) is 130 cm³/mol. The first-order valence-electron chi connectivity index (χ1n) is 12.2. The average Bonchev–Trinajstić information content (AvgIpc) is 3.57. The Labute approximate surface area is 203 Å². The molecule has 0 radical (unpaired) electrons. The lowest BCUT2D eigenvalue weighted by molar-refractivity contribution is 0.0860. The summed E-state index contributed by atoms with van der Waals surface area (Å²) >= 11 is 0. The van der Waals surface area contributed by atoms with Crippen LogP contribution in [0.2, 0.25) is 0 Å². The molecule has 0 bridgehead atoms. The number of methoxy groups -OCH3 is 2. The molecule has 2 saturated heterocycles. The monoisotopic (exact) mass is 483 g/mol. The number of ether oxygens (including phenoxy) is 3. The van der Waals surface area contributed by atoms with Crippen molar-refractivity contribution in [3.05, 3.63) is 39.9 Å². The van der Waals surface area contributed by atoms with E-state index in [0.717, 1.165) is 57.6 Å². The number of H-pyrrole nitrogens is 1. The van der Waals surface area contributed by atoms with Gasteiger partial charge in [0.1, 0.15) is 6.04 Å². The first-order chi connectivity index (χ1) is 17.1. The van der Waals surface area contributed by atoms with Crippen LogP contribution in [-0.2, 0) is 11.3 Å². The molecular weight excluding hydrogens is 450 g/mol. The Morgan fingerprint density at radius 3 is 2.60 bits per heavy atom. The molecule has 0 amide bonds. The SMILES string of the molecule is CCN1CCN([C@@H](c2cc3cc(OC)c(OC)cc3[nH]c2=O)c2nnnn2C[C@@H]2CCCO2)CC1. The maximum absolute atomic E-state index is 13.5. The standard InChI is InChI=1S/C24H33N7O4/c1-4-29-7-9-30(10-8-29)22(23-26-27-28-31(23)15-17-6-5-11-35-17)18-12-16-13-20(33-2)21(34-3)14-19(16)25-24(18)32/h12-14,17,22H,4-11,15H2,1-3H3,(H,25,32)/t17-,22-/m0/s1. The summed E-state index contributed by atoms with van der Waals surface area (Å²) in [6.45, 7) is 8.00. The third kappa shape index (κ3) is 4.75. The van der Waals surface area contributed by atoms with Gasteiger partial charge < -0.3 is 24.1 Å². The van der Waals surface area contributed by atoms with Crippen LogP contribution < -0.4 is 15.0 Å². The number of hydrogen-bond donors (Lipinski definition) is 1. The fourth-order valence-electron chi connectivity index (χ4n) is 5.11. The van der Waals surface area contributed by atoms with Gasteiger partial charge in [-0.2, -0.15) is 0 Å². The Hall–Kier alpha value is -3.02. The van der Waals surface area contributed by atoms with E-state index in [-0.39, 0.29) is 17.7 Å². The Morgan fingerprint density at radius 2 is 1.91 bits per heavy atom. The number of benzene rings is 1. The molecule has 2 aliphatic heterocycles. The Morgan fingerprint density at radius 1 is 1.14 bits per heavy atom. The first kappa shape index (κ1) is 23.7. The van der Waals surface area contributed by atoms with E-state index >= 15 is 0 Å². The number of pyridine rings is 1. The van der Waals surface area contributed by atoms with Crippen molar-refractivity contribution >= 4 is 10.9 Å². The Bertz CT molecular complexity index is 1210. The number of nitrogens with zero attached hydrogens (tertiary/aromatic N) is 6. The first-order valence-corrected chi connectivity index (χ1v) is 12.2. The molecule has 2 aliphatic rings. The number of nitrogens with one attached hydrogen (secondary N) is 1. The van der Waals surface area contributed by atoms with Crippen LogP contribution in [0.5, 0.6) is 11.5 Å². The highest BCUT2D eigenvalue weighted by molar-refractivity contribution is 5.83. The zero-order valence-corrected chi connectivity index (χ0v) is 20.6. The minimum atomic E-state index is -0.383. The molecule has 11 nitrogen and oxygen atoms in total. The second-order valence-electron chi connectivity index (χ2n) is 9.08. The highest BCUT2D eigenvalue weighted by Gasteiger charge is 2.33. The molecule has 0 unspecified atom stereocenters. The molecule has 1 aromatic carbocycles. The molecule has 188 valence electrons. The van der Waals surface area contributed by atoms with E-state index in [1.54, 1.807) is 20.3 Å². The number of rotatable bonds is 8. The fraction of sp³-hybridized carbons (Fsp3) is 0.583. The van der Waals surface area contributed by atoms with Crippen LogP contribution in [0.15, 0.2) is 23.0 Å². The summed E-state index contributed by atoms with van der Waals surface area (Å²) in [5.74, 6) is 1.83. The minimum Gasteiger partial charge on any atom is -0.493 e. The molecular formula is C24H33N7O4. The van der Waals surface area contributed by atoms with E-state index < -0.39 is 0 Å². The second kappa shape index (κ2) is 10.3. The van der Waals surface area contributed by atoms with Gasteiger partial charge in [-0.25, -0.2) is 4.68 Å². The van der Waals surface area contributed by atoms with Crippen LogP contribution in [0.4, 0.5) is 0 Å². The van der Waals surface area contributed by atoms with E-state index in [4.69, 9.17) is 14.2 Å². The van der Waals surface area contributed by atoms with Crippen molar-refractivity contribution in [3.63, 3.8) is 0 Å². The van der Waals surface area contributed by atoms with Crippen LogP contribution in [0, 0.1) is 0 Å². The van der Waals surface area contributed by atoms with Gasteiger partial charge in [0.15, 0.2) is 17.3 Å². The van der Waals surface area contributed by atoms with Crippen molar-refractivity contribution in [2.75, 3.05) is 53.6 Å². The quantitative estimate of drug-likeness (QED) is 0.509. The van der Waals surface area contributed by atoms with E-state index in [0.29, 0.717) is 34.9 Å². The number of piperazine rings is 1. The van der Waals surface area contributed by atoms with Gasteiger partial charge in [-0.15, -0.1) is 5.10 Å². The van der Waals surface area contributed by atoms with Gasteiger partial charge in [0.2, 0.25) is 0 Å². The van der Waals surface area contributed by atoms with Crippen molar-refractivity contribution in [1.82, 2.24) is 35.0 Å². The Kier molecular flexibility index (Phi) is 6.98. The lowest BCUT2D eigenvalue weighted by Gasteiger charge is -2.38. The molecule has 2 aromatic heterocycles. The van der Waals surface area contributed by atoms with E-state index in [1.807, 2.05) is 16.8 Å². The summed E-state index contributed by atoms with van der Waals surface area (Å²) in [6.07, 6.45) is 2.11. The van der Waals surface area contributed by atoms with Crippen molar-refractivity contribution < 1.29 is 14.2 Å². The number of tetrazole rings is 1. The summed E-state index contributed by atoms with van der Waals surface area (Å²) in [4.78, 5) is 21.2. The van der Waals surface area contributed by atoms with E-state index in [9.17, 15) is 4.79 Å². The van der Waals surface area contributed by atoms with Crippen LogP contribution in [-0.4, -0.2) is 94.6 Å². The zero-order chi connectivity index (χ0) is 24.4. The van der Waals surface area contributed by atoms with Crippen molar-refractivity contribution in [2.45, 2.75) is 38.5 Å². The van der Waals surface area contributed by atoms with Gasteiger partial charge in [0, 0.05) is 49.8 Å². The van der Waals surface area contributed by atoms with Gasteiger partial charge >= 0.3 is 0 Å². The molecule has 35 heavy (non-hydrogen) atoms. The molecule has 2 fully saturated rings. The minimum absolute atomic E-state index is 0.0847. The van der Waals surface area contributed by atoms with Crippen LogP contribution in [0.1, 0.15) is 37.2 Å². The maximum Gasteiger partial charge on any atom is 0.253 e. The van der Waals surface area contributed by atoms with Gasteiger partial charge in [0.05, 0.1) is 32.4 Å². The highest BCUT2D eigenvalue weighted by Crippen LogP contribution is 2.33. The molecule has 0 spiro atoms. The van der Waals surface area contributed by atoms with Crippen LogP contribution in [0.25, 0.3) is 10.9 Å². The van der Waals surface area contributed by atoms with Crippen molar-refractivity contribution in [3.8, 4) is 11.5 Å². The number of likely N-dealkylation sites (N-methyl/N-ethyl adjacent to an activating group) is 1. The molecule has 3 aromatic rings. The van der Waals surface area contributed by atoms with Crippen molar-refractivity contribution in [1.29, 1.82) is 0 Å². The molecule has 4 heterocycles. The Balaban J connectivity index is 1.59. The third-order valence-corrected chi connectivity index (χ3v) is 7.10. The van der Waals surface area contributed by atoms with Gasteiger partial charge in [-0.05, 0) is 41.9 Å². The normalized spacial score (nSPS) is 20.4. The molecule has 5 rings (SSSR count). The highest BCUT2D eigenvalue weighted by atomic mass is 16.5. The van der Waals surface area contributed by atoms with Gasteiger partial charge in [-0.3, -0.25) is 9.69 Å². The lowest BCUT2D eigenvalue weighted by atomic mass is 10.0. The number of hydrogen-bond acceptors (Lipinski definition) is 9. The second-order valence-corrected chi connectivity index (χ2v) is 9.08. The van der Waals surface area contributed by atoms with E-state index in [2.05, 4.69) is 37.2 Å². The summed E-state index contributed by atoms with van der Waals surface area (Å²) in [7, 11) is 3.18. The summed E-state index contributed by atoms with van der Waals surface area (Å²) in [6, 6.07) is 5.22. The largest absolute Gasteiger partial charge is 0.493 e. The summed E-state index contributed by atoms with van der Waals surface area (Å²) < 4.78 is 18.6. The summed E-state index contributed by atoms with van der Waals surface area (Å²) in [5.41, 5.74) is 1.13. The smallest absolute Gasteiger partial charge is 0.253 e. The topological polar surface area (TPSA) is 111 Å². The molecule has 2 atom stereocenters. The van der Waals surface area contributed by atoms with Gasteiger partial charge in [-0.1, -0.05) is 6.92 Å². The van der Waals surface area contributed by atoms with Crippen LogP contribution in [0.3, 0.4) is 0 Å². The molecule has 0 saturated carbocycles. The molecule has 1 N–H and O–H groups in total.